The van der Waals surface area contributed by atoms with E-state index in [0.717, 1.165) is 31.4 Å². The smallest absolute Gasteiger partial charge is 0.0812 e. The second kappa shape index (κ2) is 4.10. The molecule has 3 unspecified atom stereocenters. The van der Waals surface area contributed by atoms with Crippen LogP contribution in [0, 0.1) is 5.41 Å². The van der Waals surface area contributed by atoms with E-state index in [1.54, 1.807) is 0 Å². The molecular weight excluding hydrogens is 238 g/mol. The standard InChI is InChI=1S/C16H25NO2/c1-11-16(4,6-8-19-11)17-7-5-12-13(17)9-15(2,3)10-14(12)18/h5,7,11,14,18H,6,8-10H2,1-4H3. The fourth-order valence-corrected chi connectivity index (χ4v) is 3.75. The molecule has 0 bridgehead atoms. The number of fused-ring (bicyclic) bond motifs is 1. The van der Waals surface area contributed by atoms with E-state index in [-0.39, 0.29) is 23.2 Å². The summed E-state index contributed by atoms with van der Waals surface area (Å²) in [6.45, 7) is 9.75. The molecule has 19 heavy (non-hydrogen) atoms. The summed E-state index contributed by atoms with van der Waals surface area (Å²) in [5, 5.41) is 10.4. The van der Waals surface area contributed by atoms with Crippen molar-refractivity contribution in [3.8, 4) is 0 Å². The molecule has 2 aliphatic rings. The first-order chi connectivity index (χ1) is 8.83. The number of hydrogen-bond acceptors (Lipinski definition) is 2. The summed E-state index contributed by atoms with van der Waals surface area (Å²) >= 11 is 0. The summed E-state index contributed by atoms with van der Waals surface area (Å²) in [6, 6.07) is 2.10. The van der Waals surface area contributed by atoms with Gasteiger partial charge in [-0.2, -0.15) is 0 Å². The maximum Gasteiger partial charge on any atom is 0.0812 e. The minimum Gasteiger partial charge on any atom is -0.388 e. The topological polar surface area (TPSA) is 34.4 Å². The molecule has 0 amide bonds. The zero-order chi connectivity index (χ0) is 13.8. The maximum absolute atomic E-state index is 10.4. The minimum atomic E-state index is -0.318. The molecule has 3 atom stereocenters. The van der Waals surface area contributed by atoms with Gasteiger partial charge in [-0.1, -0.05) is 13.8 Å². The van der Waals surface area contributed by atoms with Gasteiger partial charge in [0.2, 0.25) is 0 Å². The van der Waals surface area contributed by atoms with Crippen molar-refractivity contribution in [1.82, 2.24) is 4.57 Å². The van der Waals surface area contributed by atoms with E-state index >= 15 is 0 Å². The Bertz CT molecular complexity index is 491. The highest BCUT2D eigenvalue weighted by atomic mass is 16.5. The number of aliphatic hydroxyl groups excluding tert-OH is 1. The van der Waals surface area contributed by atoms with Crippen molar-refractivity contribution in [3.63, 3.8) is 0 Å². The van der Waals surface area contributed by atoms with Crippen molar-refractivity contribution in [3.05, 3.63) is 23.5 Å². The summed E-state index contributed by atoms with van der Waals surface area (Å²) in [5.74, 6) is 0. The van der Waals surface area contributed by atoms with E-state index in [1.165, 1.54) is 5.69 Å². The Kier molecular flexibility index (Phi) is 2.84. The predicted octanol–water partition coefficient (Wildman–Crippen LogP) is 3.02. The average Bonchev–Trinajstić information content (AvgIpc) is 2.83. The molecule has 3 rings (SSSR count). The van der Waals surface area contributed by atoms with Gasteiger partial charge in [-0.05, 0) is 44.6 Å². The van der Waals surface area contributed by atoms with E-state index in [9.17, 15) is 5.11 Å². The second-order valence-electron chi connectivity index (χ2n) is 7.27. The van der Waals surface area contributed by atoms with Crippen molar-refractivity contribution in [2.45, 2.75) is 64.7 Å². The summed E-state index contributed by atoms with van der Waals surface area (Å²) in [4.78, 5) is 0. The Hall–Kier alpha value is -0.800. The van der Waals surface area contributed by atoms with Gasteiger partial charge < -0.3 is 14.4 Å². The van der Waals surface area contributed by atoms with E-state index < -0.39 is 0 Å². The Morgan fingerprint density at radius 2 is 2.11 bits per heavy atom. The van der Waals surface area contributed by atoms with Crippen LogP contribution in [0.25, 0.3) is 0 Å². The van der Waals surface area contributed by atoms with E-state index in [4.69, 9.17) is 4.74 Å². The van der Waals surface area contributed by atoms with Gasteiger partial charge in [0.1, 0.15) is 0 Å². The third-order valence-corrected chi connectivity index (χ3v) is 5.18. The van der Waals surface area contributed by atoms with Gasteiger partial charge in [0.25, 0.3) is 0 Å². The third-order valence-electron chi connectivity index (χ3n) is 5.18. The SMILES string of the molecule is CC1OCCC1(C)n1ccc2c1CC(C)(C)CC2O. The highest BCUT2D eigenvalue weighted by molar-refractivity contribution is 5.31. The molecule has 106 valence electrons. The van der Waals surface area contributed by atoms with Crippen LogP contribution >= 0.6 is 0 Å². The first-order valence-electron chi connectivity index (χ1n) is 7.34. The van der Waals surface area contributed by atoms with Crippen LogP contribution in [0.4, 0.5) is 0 Å². The van der Waals surface area contributed by atoms with Crippen LogP contribution in [0.15, 0.2) is 12.3 Å². The lowest BCUT2D eigenvalue weighted by Crippen LogP contribution is -2.39. The molecule has 0 aromatic carbocycles. The van der Waals surface area contributed by atoms with Crippen molar-refractivity contribution in [2.75, 3.05) is 6.61 Å². The van der Waals surface area contributed by atoms with Gasteiger partial charge in [-0.3, -0.25) is 0 Å². The van der Waals surface area contributed by atoms with Crippen molar-refractivity contribution < 1.29 is 9.84 Å². The quantitative estimate of drug-likeness (QED) is 0.845. The Labute approximate surface area is 115 Å². The number of nitrogens with zero attached hydrogens (tertiary/aromatic N) is 1. The van der Waals surface area contributed by atoms with E-state index in [2.05, 4.69) is 44.5 Å². The molecule has 1 saturated heterocycles. The number of aliphatic hydroxyl groups is 1. The molecule has 3 nitrogen and oxygen atoms in total. The highest BCUT2D eigenvalue weighted by Crippen LogP contribution is 2.44. The van der Waals surface area contributed by atoms with Crippen LogP contribution < -0.4 is 0 Å². The Morgan fingerprint density at radius 1 is 1.37 bits per heavy atom. The molecular formula is C16H25NO2. The van der Waals surface area contributed by atoms with Gasteiger partial charge in [0, 0.05) is 24.1 Å². The van der Waals surface area contributed by atoms with Gasteiger partial charge in [0.15, 0.2) is 0 Å². The van der Waals surface area contributed by atoms with E-state index in [1.807, 2.05) is 0 Å². The monoisotopic (exact) mass is 263 g/mol. The molecule has 3 heteroatoms. The molecule has 0 saturated carbocycles. The zero-order valence-corrected chi connectivity index (χ0v) is 12.4. The van der Waals surface area contributed by atoms with Crippen LogP contribution in [-0.2, 0) is 16.7 Å². The fraction of sp³-hybridized carbons (Fsp3) is 0.750. The summed E-state index contributed by atoms with van der Waals surface area (Å²) in [7, 11) is 0. The lowest BCUT2D eigenvalue weighted by Gasteiger charge is -2.38. The second-order valence-corrected chi connectivity index (χ2v) is 7.27. The summed E-state index contributed by atoms with van der Waals surface area (Å²) < 4.78 is 8.16. The largest absolute Gasteiger partial charge is 0.388 e. The minimum absolute atomic E-state index is 0.0285. The summed E-state index contributed by atoms with van der Waals surface area (Å²) in [5.41, 5.74) is 2.63. The van der Waals surface area contributed by atoms with Gasteiger partial charge in [-0.15, -0.1) is 0 Å². The Morgan fingerprint density at radius 3 is 2.74 bits per heavy atom. The van der Waals surface area contributed by atoms with Gasteiger partial charge in [-0.25, -0.2) is 0 Å². The van der Waals surface area contributed by atoms with E-state index in [0.29, 0.717) is 0 Å². The normalized spacial score (nSPS) is 37.3. The molecule has 0 radical (unpaired) electrons. The van der Waals surface area contributed by atoms with Crippen LogP contribution in [0.2, 0.25) is 0 Å². The lowest BCUT2D eigenvalue weighted by atomic mass is 9.75. The van der Waals surface area contributed by atoms with Crippen molar-refractivity contribution in [1.29, 1.82) is 0 Å². The molecule has 0 spiro atoms. The van der Waals surface area contributed by atoms with Crippen molar-refractivity contribution in [2.24, 2.45) is 5.41 Å². The number of ether oxygens (including phenoxy) is 1. The van der Waals surface area contributed by atoms with Crippen LogP contribution in [0.3, 0.4) is 0 Å². The van der Waals surface area contributed by atoms with Gasteiger partial charge in [0.05, 0.1) is 17.7 Å². The van der Waals surface area contributed by atoms with Crippen LogP contribution in [-0.4, -0.2) is 22.4 Å². The van der Waals surface area contributed by atoms with Crippen LogP contribution in [0.1, 0.15) is 57.9 Å². The molecule has 2 heterocycles. The molecule has 1 aromatic heterocycles. The first kappa shape index (κ1) is 13.2. The predicted molar refractivity (Wildman–Crippen MR) is 75.2 cm³/mol. The first-order valence-corrected chi connectivity index (χ1v) is 7.34. The van der Waals surface area contributed by atoms with Crippen LogP contribution in [0.5, 0.6) is 0 Å². The maximum atomic E-state index is 10.4. The molecule has 1 aliphatic heterocycles. The average molecular weight is 263 g/mol. The van der Waals surface area contributed by atoms with Gasteiger partial charge >= 0.3 is 0 Å². The number of hydrogen-bond donors (Lipinski definition) is 1. The van der Waals surface area contributed by atoms with Crippen molar-refractivity contribution >= 4 is 0 Å². The molecule has 1 aliphatic carbocycles. The molecule has 1 fully saturated rings. The fourth-order valence-electron chi connectivity index (χ4n) is 3.75. The molecule has 1 aromatic rings. The lowest BCUT2D eigenvalue weighted by molar-refractivity contribution is 0.0687. The number of rotatable bonds is 1. The third kappa shape index (κ3) is 1.95. The Balaban J connectivity index is 2.06. The zero-order valence-electron chi connectivity index (χ0n) is 12.4. The highest BCUT2D eigenvalue weighted by Gasteiger charge is 2.42. The summed E-state index contributed by atoms with van der Waals surface area (Å²) in [6.07, 6.45) is 5.00. The molecule has 1 N–H and O–H groups in total. The number of aromatic nitrogens is 1.